The molecule has 0 saturated heterocycles. The fourth-order valence-electron chi connectivity index (χ4n) is 2.13. The molecule has 0 bridgehead atoms. The molecule has 1 fully saturated rings. The van der Waals surface area contributed by atoms with Crippen LogP contribution in [0.3, 0.4) is 0 Å². The SMILES string of the molecule is C=CCCNC(=O)CC1(N)CCCCC1. The smallest absolute Gasteiger partial charge is 0.221 e. The van der Waals surface area contributed by atoms with Gasteiger partial charge in [-0.2, -0.15) is 0 Å². The van der Waals surface area contributed by atoms with Gasteiger partial charge in [0.25, 0.3) is 0 Å². The number of nitrogens with two attached hydrogens (primary N) is 1. The van der Waals surface area contributed by atoms with Gasteiger partial charge in [0, 0.05) is 18.5 Å². The maximum absolute atomic E-state index is 11.6. The van der Waals surface area contributed by atoms with Gasteiger partial charge < -0.3 is 11.1 Å². The van der Waals surface area contributed by atoms with E-state index < -0.39 is 0 Å². The number of amides is 1. The van der Waals surface area contributed by atoms with Gasteiger partial charge >= 0.3 is 0 Å². The monoisotopic (exact) mass is 210 g/mol. The second-order valence-corrected chi connectivity index (χ2v) is 4.53. The minimum absolute atomic E-state index is 0.0845. The van der Waals surface area contributed by atoms with Crippen molar-refractivity contribution in [2.45, 2.75) is 50.5 Å². The molecule has 1 saturated carbocycles. The molecule has 0 spiro atoms. The van der Waals surface area contributed by atoms with E-state index in [1.165, 1.54) is 6.42 Å². The van der Waals surface area contributed by atoms with E-state index in [0.717, 1.165) is 32.1 Å². The van der Waals surface area contributed by atoms with Crippen LogP contribution in [0.25, 0.3) is 0 Å². The van der Waals surface area contributed by atoms with Crippen LogP contribution in [0, 0.1) is 0 Å². The lowest BCUT2D eigenvalue weighted by Gasteiger charge is -2.32. The zero-order valence-electron chi connectivity index (χ0n) is 9.43. The van der Waals surface area contributed by atoms with E-state index in [4.69, 9.17) is 5.73 Å². The Hall–Kier alpha value is -0.830. The average molecular weight is 210 g/mol. The molecule has 0 unspecified atom stereocenters. The lowest BCUT2D eigenvalue weighted by atomic mass is 9.80. The van der Waals surface area contributed by atoms with Crippen molar-refractivity contribution in [2.75, 3.05) is 6.54 Å². The Morgan fingerprint density at radius 3 is 2.67 bits per heavy atom. The summed E-state index contributed by atoms with van der Waals surface area (Å²) < 4.78 is 0. The van der Waals surface area contributed by atoms with Crippen LogP contribution in [-0.2, 0) is 4.79 Å². The zero-order valence-corrected chi connectivity index (χ0v) is 9.43. The van der Waals surface area contributed by atoms with Crippen molar-refractivity contribution >= 4 is 5.91 Å². The fraction of sp³-hybridized carbons (Fsp3) is 0.750. The summed E-state index contributed by atoms with van der Waals surface area (Å²) in [7, 11) is 0. The van der Waals surface area contributed by atoms with Crippen molar-refractivity contribution in [1.29, 1.82) is 0 Å². The number of nitrogens with one attached hydrogen (secondary N) is 1. The number of hydrogen-bond donors (Lipinski definition) is 2. The summed E-state index contributed by atoms with van der Waals surface area (Å²) in [6.07, 6.45) is 8.67. The Labute approximate surface area is 92.1 Å². The zero-order chi connectivity index (χ0) is 11.1. The second-order valence-electron chi connectivity index (χ2n) is 4.53. The molecule has 15 heavy (non-hydrogen) atoms. The highest BCUT2D eigenvalue weighted by atomic mass is 16.1. The number of hydrogen-bond acceptors (Lipinski definition) is 2. The van der Waals surface area contributed by atoms with Crippen molar-refractivity contribution in [1.82, 2.24) is 5.32 Å². The van der Waals surface area contributed by atoms with Crippen molar-refractivity contribution in [3.63, 3.8) is 0 Å². The predicted molar refractivity (Wildman–Crippen MR) is 62.4 cm³/mol. The summed E-state index contributed by atoms with van der Waals surface area (Å²) in [5.74, 6) is 0.0845. The first-order valence-electron chi connectivity index (χ1n) is 5.83. The Bertz CT molecular complexity index is 220. The molecule has 0 atom stereocenters. The van der Waals surface area contributed by atoms with Crippen molar-refractivity contribution in [3.8, 4) is 0 Å². The molecule has 3 nitrogen and oxygen atoms in total. The van der Waals surface area contributed by atoms with E-state index in [-0.39, 0.29) is 11.4 Å². The van der Waals surface area contributed by atoms with Gasteiger partial charge in [0.2, 0.25) is 5.91 Å². The molecule has 0 radical (unpaired) electrons. The summed E-state index contributed by atoms with van der Waals surface area (Å²) in [6.45, 7) is 4.29. The molecule has 1 rings (SSSR count). The van der Waals surface area contributed by atoms with E-state index in [1.54, 1.807) is 6.08 Å². The molecule has 0 aromatic heterocycles. The van der Waals surface area contributed by atoms with Crippen LogP contribution in [0.5, 0.6) is 0 Å². The molecule has 1 aliphatic carbocycles. The maximum Gasteiger partial charge on any atom is 0.221 e. The highest BCUT2D eigenvalue weighted by Crippen LogP contribution is 2.28. The third-order valence-corrected chi connectivity index (χ3v) is 3.03. The quantitative estimate of drug-likeness (QED) is 0.536. The molecule has 0 heterocycles. The van der Waals surface area contributed by atoms with Gasteiger partial charge in [-0.25, -0.2) is 0 Å². The highest BCUT2D eigenvalue weighted by Gasteiger charge is 2.29. The van der Waals surface area contributed by atoms with Crippen LogP contribution in [0.15, 0.2) is 12.7 Å². The highest BCUT2D eigenvalue weighted by molar-refractivity contribution is 5.77. The van der Waals surface area contributed by atoms with Crippen LogP contribution in [0.1, 0.15) is 44.9 Å². The van der Waals surface area contributed by atoms with Gasteiger partial charge in [-0.1, -0.05) is 25.3 Å². The Morgan fingerprint density at radius 2 is 2.07 bits per heavy atom. The topological polar surface area (TPSA) is 55.1 Å². The Kier molecular flexibility index (Phi) is 4.82. The lowest BCUT2D eigenvalue weighted by Crippen LogP contribution is -2.46. The van der Waals surface area contributed by atoms with Gasteiger partial charge in [0.1, 0.15) is 0 Å². The lowest BCUT2D eigenvalue weighted by molar-refractivity contribution is -0.122. The number of carbonyl (C=O) groups is 1. The van der Waals surface area contributed by atoms with E-state index >= 15 is 0 Å². The fourth-order valence-corrected chi connectivity index (χ4v) is 2.13. The summed E-state index contributed by atoms with van der Waals surface area (Å²) in [6, 6.07) is 0. The molecule has 0 aromatic rings. The van der Waals surface area contributed by atoms with E-state index in [2.05, 4.69) is 11.9 Å². The standard InChI is InChI=1S/C12H22N2O/c1-2-3-9-14-11(15)10-12(13)7-5-4-6-8-12/h2H,1,3-10,13H2,(H,14,15). The van der Waals surface area contributed by atoms with Crippen LogP contribution < -0.4 is 11.1 Å². The Balaban J connectivity index is 2.26. The summed E-state index contributed by atoms with van der Waals surface area (Å²) >= 11 is 0. The second kappa shape index (κ2) is 5.91. The normalized spacial score (nSPS) is 19.5. The van der Waals surface area contributed by atoms with E-state index in [9.17, 15) is 4.79 Å². The minimum atomic E-state index is -0.240. The molecule has 0 aromatic carbocycles. The van der Waals surface area contributed by atoms with Crippen LogP contribution in [0.2, 0.25) is 0 Å². The molecule has 1 amide bonds. The van der Waals surface area contributed by atoms with Gasteiger partial charge in [-0.3, -0.25) is 4.79 Å². The summed E-state index contributed by atoms with van der Waals surface area (Å²) in [5, 5.41) is 2.87. The van der Waals surface area contributed by atoms with Gasteiger partial charge in [0.05, 0.1) is 0 Å². The van der Waals surface area contributed by atoms with Gasteiger partial charge in [0.15, 0.2) is 0 Å². The molecular weight excluding hydrogens is 188 g/mol. The molecule has 3 N–H and O–H groups in total. The first-order valence-corrected chi connectivity index (χ1v) is 5.83. The number of rotatable bonds is 5. The molecular formula is C12H22N2O. The third-order valence-electron chi connectivity index (χ3n) is 3.03. The summed E-state index contributed by atoms with van der Waals surface area (Å²) in [5.41, 5.74) is 5.94. The first-order chi connectivity index (χ1) is 7.16. The predicted octanol–water partition coefficient (Wildman–Crippen LogP) is 1.73. The largest absolute Gasteiger partial charge is 0.356 e. The summed E-state index contributed by atoms with van der Waals surface area (Å²) in [4.78, 5) is 11.6. The maximum atomic E-state index is 11.6. The van der Waals surface area contributed by atoms with Crippen molar-refractivity contribution in [3.05, 3.63) is 12.7 Å². The van der Waals surface area contributed by atoms with Crippen LogP contribution in [0.4, 0.5) is 0 Å². The molecule has 1 aliphatic rings. The number of carbonyl (C=O) groups excluding carboxylic acids is 1. The minimum Gasteiger partial charge on any atom is -0.356 e. The van der Waals surface area contributed by atoms with Crippen molar-refractivity contribution in [2.24, 2.45) is 5.73 Å². The Morgan fingerprint density at radius 1 is 1.40 bits per heavy atom. The van der Waals surface area contributed by atoms with Gasteiger partial charge in [-0.05, 0) is 19.3 Å². The van der Waals surface area contributed by atoms with Crippen LogP contribution >= 0.6 is 0 Å². The van der Waals surface area contributed by atoms with Crippen molar-refractivity contribution < 1.29 is 4.79 Å². The molecule has 3 heteroatoms. The molecule has 86 valence electrons. The first kappa shape index (κ1) is 12.2. The molecule has 0 aliphatic heterocycles. The van der Waals surface area contributed by atoms with E-state index in [1.807, 2.05) is 0 Å². The average Bonchev–Trinajstić information content (AvgIpc) is 2.18. The van der Waals surface area contributed by atoms with E-state index in [0.29, 0.717) is 13.0 Å². The van der Waals surface area contributed by atoms with Gasteiger partial charge in [-0.15, -0.1) is 6.58 Å². The van der Waals surface area contributed by atoms with Crippen LogP contribution in [-0.4, -0.2) is 18.0 Å². The third kappa shape index (κ3) is 4.47.